The van der Waals surface area contributed by atoms with Crippen molar-refractivity contribution in [3.63, 3.8) is 0 Å². The summed E-state index contributed by atoms with van der Waals surface area (Å²) in [7, 11) is -0.942. The van der Waals surface area contributed by atoms with E-state index in [2.05, 4.69) is 0 Å². The zero-order valence-electron chi connectivity index (χ0n) is 14.5. The van der Waals surface area contributed by atoms with Crippen molar-refractivity contribution in [2.45, 2.75) is 24.9 Å². The van der Waals surface area contributed by atoms with Gasteiger partial charge in [-0.15, -0.1) is 0 Å². The van der Waals surface area contributed by atoms with Crippen LogP contribution < -0.4 is 0 Å². The normalized spacial score (nSPS) is 20.3. The maximum absolute atomic E-state index is 12.3. The van der Waals surface area contributed by atoms with Crippen LogP contribution in [0.5, 0.6) is 0 Å². The van der Waals surface area contributed by atoms with E-state index in [4.69, 9.17) is 18.4 Å². The van der Waals surface area contributed by atoms with Gasteiger partial charge in [0.25, 0.3) is 10.1 Å². The number of amides is 1. The van der Waals surface area contributed by atoms with E-state index < -0.39 is 28.1 Å². The smallest absolute Gasteiger partial charge is 0.410 e. The third-order valence-corrected chi connectivity index (χ3v) is 4.63. The molecule has 0 saturated carbocycles. The van der Waals surface area contributed by atoms with Crippen LogP contribution >= 0.6 is 0 Å². The minimum atomic E-state index is -3.76. The fraction of sp³-hybridized carbons (Fsp3) is 0.562. The summed E-state index contributed by atoms with van der Waals surface area (Å²) in [5.74, 6) is -1.24. The van der Waals surface area contributed by atoms with Crippen molar-refractivity contribution in [1.29, 1.82) is 0 Å². The molecule has 140 valence electrons. The summed E-state index contributed by atoms with van der Waals surface area (Å²) in [5, 5.41) is 0. The highest BCUT2D eigenvalue weighted by Gasteiger charge is 2.48. The number of ether oxygens (including phenoxy) is 3. The van der Waals surface area contributed by atoms with Crippen molar-refractivity contribution >= 4 is 16.2 Å². The largest absolute Gasteiger partial charge is 0.445 e. The SMILES string of the molecule is COC1(OC)CCN(C(=O)OCc2ccccc2)C[C@H]1OS(C)(=O)=O. The number of methoxy groups -OCH3 is 2. The molecule has 1 fully saturated rings. The van der Waals surface area contributed by atoms with Crippen LogP contribution in [0.3, 0.4) is 0 Å². The quantitative estimate of drug-likeness (QED) is 0.549. The van der Waals surface area contributed by atoms with Crippen molar-refractivity contribution in [3.8, 4) is 0 Å². The molecule has 1 heterocycles. The molecular weight excluding hydrogens is 350 g/mol. The minimum absolute atomic E-state index is 0.0254. The average Bonchev–Trinajstić information content (AvgIpc) is 2.59. The van der Waals surface area contributed by atoms with E-state index in [-0.39, 0.29) is 19.6 Å². The Bertz CT molecular complexity index is 673. The summed E-state index contributed by atoms with van der Waals surface area (Å²) in [5.41, 5.74) is 0.861. The fourth-order valence-corrected chi connectivity index (χ4v) is 3.35. The lowest BCUT2D eigenvalue weighted by Crippen LogP contribution is -2.60. The highest BCUT2D eigenvalue weighted by atomic mass is 32.2. The molecule has 1 amide bonds. The maximum Gasteiger partial charge on any atom is 0.410 e. The Balaban J connectivity index is 2.04. The van der Waals surface area contributed by atoms with Gasteiger partial charge in [-0.3, -0.25) is 4.18 Å². The van der Waals surface area contributed by atoms with Gasteiger partial charge < -0.3 is 19.1 Å². The predicted octanol–water partition coefficient (Wildman–Crippen LogP) is 1.36. The summed E-state index contributed by atoms with van der Waals surface area (Å²) in [6, 6.07) is 9.27. The van der Waals surface area contributed by atoms with Crippen molar-refractivity contribution < 1.29 is 31.6 Å². The number of likely N-dealkylation sites (tertiary alicyclic amines) is 1. The van der Waals surface area contributed by atoms with Gasteiger partial charge in [0.1, 0.15) is 12.7 Å². The van der Waals surface area contributed by atoms with Crippen LogP contribution in [0.1, 0.15) is 12.0 Å². The molecule has 0 aliphatic carbocycles. The van der Waals surface area contributed by atoms with E-state index in [1.807, 2.05) is 30.3 Å². The number of carbonyl (C=O) groups excluding carboxylic acids is 1. The van der Waals surface area contributed by atoms with Crippen molar-refractivity contribution in [2.75, 3.05) is 33.6 Å². The van der Waals surface area contributed by atoms with E-state index in [1.54, 1.807) is 0 Å². The van der Waals surface area contributed by atoms with Crippen LogP contribution in [0.4, 0.5) is 4.79 Å². The van der Waals surface area contributed by atoms with Gasteiger partial charge in [0.2, 0.25) is 0 Å². The average molecular weight is 373 g/mol. The molecule has 0 N–H and O–H groups in total. The maximum atomic E-state index is 12.3. The molecule has 0 unspecified atom stereocenters. The first-order valence-electron chi connectivity index (χ1n) is 7.74. The number of nitrogens with zero attached hydrogens (tertiary/aromatic N) is 1. The van der Waals surface area contributed by atoms with Crippen LogP contribution in [-0.4, -0.2) is 64.9 Å². The number of piperidine rings is 1. The van der Waals surface area contributed by atoms with E-state index in [0.717, 1.165) is 11.8 Å². The molecule has 25 heavy (non-hydrogen) atoms. The molecule has 1 atom stereocenters. The lowest BCUT2D eigenvalue weighted by Gasteiger charge is -2.44. The molecule has 0 bridgehead atoms. The molecule has 9 heteroatoms. The molecule has 8 nitrogen and oxygen atoms in total. The van der Waals surface area contributed by atoms with Crippen molar-refractivity contribution in [3.05, 3.63) is 35.9 Å². The van der Waals surface area contributed by atoms with Gasteiger partial charge in [-0.25, -0.2) is 4.79 Å². The van der Waals surface area contributed by atoms with Crippen LogP contribution in [0.15, 0.2) is 30.3 Å². The molecule has 1 aliphatic heterocycles. The lowest BCUT2D eigenvalue weighted by atomic mass is 10.0. The van der Waals surface area contributed by atoms with Gasteiger partial charge in [-0.1, -0.05) is 30.3 Å². The molecule has 0 spiro atoms. The Morgan fingerprint density at radius 2 is 1.88 bits per heavy atom. The Labute approximate surface area is 147 Å². The van der Waals surface area contributed by atoms with E-state index in [0.29, 0.717) is 6.54 Å². The highest BCUT2D eigenvalue weighted by molar-refractivity contribution is 7.86. The number of benzene rings is 1. The number of hydrogen-bond acceptors (Lipinski definition) is 7. The van der Waals surface area contributed by atoms with E-state index in [9.17, 15) is 13.2 Å². The monoisotopic (exact) mass is 373 g/mol. The summed E-state index contributed by atoms with van der Waals surface area (Å²) in [4.78, 5) is 13.7. The van der Waals surface area contributed by atoms with E-state index in [1.165, 1.54) is 19.1 Å². The third-order valence-electron chi connectivity index (χ3n) is 4.05. The van der Waals surface area contributed by atoms with Gasteiger partial charge in [0.05, 0.1) is 12.8 Å². The van der Waals surface area contributed by atoms with Gasteiger partial charge in [0, 0.05) is 27.2 Å². The first kappa shape index (κ1) is 19.6. The zero-order chi connectivity index (χ0) is 18.5. The predicted molar refractivity (Wildman–Crippen MR) is 89.3 cm³/mol. The summed E-state index contributed by atoms with van der Waals surface area (Å²) in [6.07, 6.45) is -0.349. The Morgan fingerprint density at radius 3 is 2.44 bits per heavy atom. The number of rotatable bonds is 6. The van der Waals surface area contributed by atoms with Crippen molar-refractivity contribution in [2.24, 2.45) is 0 Å². The number of hydrogen-bond donors (Lipinski definition) is 0. The molecule has 1 aliphatic rings. The Morgan fingerprint density at radius 1 is 1.24 bits per heavy atom. The van der Waals surface area contributed by atoms with Crippen LogP contribution in [-0.2, 0) is 35.1 Å². The highest BCUT2D eigenvalue weighted by Crippen LogP contribution is 2.30. The van der Waals surface area contributed by atoms with Crippen LogP contribution in [0.25, 0.3) is 0 Å². The number of carbonyl (C=O) groups is 1. The molecule has 0 radical (unpaired) electrons. The van der Waals surface area contributed by atoms with Gasteiger partial charge in [-0.2, -0.15) is 8.42 Å². The standard InChI is InChI=1S/C16H23NO7S/c1-21-16(22-2)9-10-17(11-14(16)24-25(3,19)20)15(18)23-12-13-7-5-4-6-8-13/h4-8,14H,9-12H2,1-3H3/t14-/m1/s1. The van der Waals surface area contributed by atoms with Crippen LogP contribution in [0.2, 0.25) is 0 Å². The van der Waals surface area contributed by atoms with Crippen LogP contribution in [0, 0.1) is 0 Å². The minimum Gasteiger partial charge on any atom is -0.445 e. The Hall–Kier alpha value is -1.68. The fourth-order valence-electron chi connectivity index (χ4n) is 2.72. The van der Waals surface area contributed by atoms with Gasteiger partial charge >= 0.3 is 6.09 Å². The second-order valence-corrected chi connectivity index (χ2v) is 7.35. The molecule has 1 saturated heterocycles. The Kier molecular flexibility index (Phi) is 6.39. The molecule has 1 aromatic rings. The summed E-state index contributed by atoms with van der Waals surface area (Å²) in [6.45, 7) is 0.398. The molecular formula is C16H23NO7S. The molecule has 0 aromatic heterocycles. The zero-order valence-corrected chi connectivity index (χ0v) is 15.3. The molecule has 1 aromatic carbocycles. The van der Waals surface area contributed by atoms with Gasteiger partial charge in [-0.05, 0) is 5.56 Å². The van der Waals surface area contributed by atoms with Gasteiger partial charge in [0.15, 0.2) is 5.79 Å². The summed E-state index contributed by atoms with van der Waals surface area (Å²) >= 11 is 0. The second kappa shape index (κ2) is 8.13. The van der Waals surface area contributed by atoms with E-state index >= 15 is 0 Å². The first-order chi connectivity index (χ1) is 11.8. The lowest BCUT2D eigenvalue weighted by molar-refractivity contribution is -0.269. The first-order valence-corrected chi connectivity index (χ1v) is 9.55. The molecule has 2 rings (SSSR count). The van der Waals surface area contributed by atoms with Crippen molar-refractivity contribution in [1.82, 2.24) is 4.90 Å². The topological polar surface area (TPSA) is 91.4 Å². The summed E-state index contributed by atoms with van der Waals surface area (Å²) < 4.78 is 44.2. The third kappa shape index (κ3) is 5.15. The second-order valence-electron chi connectivity index (χ2n) is 5.75.